The number of hydrogen-bond donors (Lipinski definition) is 1. The van der Waals surface area contributed by atoms with Crippen LogP contribution in [0.25, 0.3) is 0 Å². The number of rotatable bonds is 6. The van der Waals surface area contributed by atoms with Crippen LogP contribution < -0.4 is 10.1 Å². The second-order valence-electron chi connectivity index (χ2n) is 5.12. The van der Waals surface area contributed by atoms with E-state index in [1.165, 1.54) is 4.68 Å². The number of hydrogen-bond acceptors (Lipinski definition) is 4. The smallest absolute Gasteiger partial charge is 0.266 e. The maximum atomic E-state index is 12.3. The van der Waals surface area contributed by atoms with Crippen molar-refractivity contribution < 1.29 is 9.53 Å². The Morgan fingerprint density at radius 2 is 1.91 bits per heavy atom. The van der Waals surface area contributed by atoms with E-state index in [0.717, 1.165) is 34.8 Å². The monoisotopic (exact) mass is 301 g/mol. The molecule has 0 spiro atoms. The van der Waals surface area contributed by atoms with Gasteiger partial charge in [-0.15, -0.1) is 0 Å². The molecular weight excluding hydrogens is 278 g/mol. The summed E-state index contributed by atoms with van der Waals surface area (Å²) in [4.78, 5) is 12.3. The molecule has 5 heteroatoms. The van der Waals surface area contributed by atoms with Crippen molar-refractivity contribution in [2.75, 3.05) is 18.5 Å². The van der Waals surface area contributed by atoms with E-state index < -0.39 is 0 Å². The highest BCUT2D eigenvalue weighted by atomic mass is 16.5. The van der Waals surface area contributed by atoms with Gasteiger partial charge in [0.15, 0.2) is 0 Å². The number of benzene rings is 1. The number of aryl methyl sites for hydroxylation is 1. The van der Waals surface area contributed by atoms with Crippen molar-refractivity contribution in [2.45, 2.75) is 34.1 Å². The normalized spacial score (nSPS) is 10.5. The van der Waals surface area contributed by atoms with E-state index in [1.54, 1.807) is 0 Å². The lowest BCUT2D eigenvalue weighted by Gasteiger charge is -2.08. The topological polar surface area (TPSA) is 56.1 Å². The first-order valence-electron chi connectivity index (χ1n) is 7.61. The third-order valence-corrected chi connectivity index (χ3v) is 3.64. The van der Waals surface area contributed by atoms with Gasteiger partial charge in [-0.05, 0) is 57.0 Å². The minimum atomic E-state index is -0.0609. The third kappa shape index (κ3) is 3.47. The Kier molecular flexibility index (Phi) is 5.20. The Morgan fingerprint density at radius 1 is 1.23 bits per heavy atom. The molecule has 1 N–H and O–H groups in total. The van der Waals surface area contributed by atoms with Gasteiger partial charge in [-0.3, -0.25) is 4.79 Å². The summed E-state index contributed by atoms with van der Waals surface area (Å²) in [7, 11) is 0. The average molecular weight is 301 g/mol. The number of ether oxygens (including phenoxy) is 1. The van der Waals surface area contributed by atoms with E-state index in [0.29, 0.717) is 6.61 Å². The van der Waals surface area contributed by atoms with E-state index in [2.05, 4.69) is 17.3 Å². The molecule has 0 aliphatic rings. The first-order chi connectivity index (χ1) is 10.6. The molecule has 0 fully saturated rings. The Bertz CT molecular complexity index is 645. The Labute approximate surface area is 131 Å². The quantitative estimate of drug-likeness (QED) is 0.890. The van der Waals surface area contributed by atoms with Gasteiger partial charge in [0.25, 0.3) is 5.91 Å². The maximum absolute atomic E-state index is 12.3. The molecule has 22 heavy (non-hydrogen) atoms. The molecule has 0 aliphatic carbocycles. The van der Waals surface area contributed by atoms with E-state index in [1.807, 2.05) is 45.0 Å². The average Bonchev–Trinajstić information content (AvgIpc) is 2.81. The predicted molar refractivity (Wildman–Crippen MR) is 87.8 cm³/mol. The number of anilines is 1. The molecule has 1 aromatic carbocycles. The number of carbonyl (C=O) groups excluding carboxylic acids is 1. The summed E-state index contributed by atoms with van der Waals surface area (Å²) in [6.45, 7) is 8.75. The van der Waals surface area contributed by atoms with Gasteiger partial charge in [0.1, 0.15) is 5.75 Å². The highest BCUT2D eigenvalue weighted by Gasteiger charge is 2.14. The van der Waals surface area contributed by atoms with Gasteiger partial charge < -0.3 is 10.1 Å². The molecule has 1 heterocycles. The Hall–Kier alpha value is -2.30. The fourth-order valence-corrected chi connectivity index (χ4v) is 2.52. The molecule has 118 valence electrons. The van der Waals surface area contributed by atoms with E-state index >= 15 is 0 Å². The van der Waals surface area contributed by atoms with E-state index in [9.17, 15) is 4.79 Å². The summed E-state index contributed by atoms with van der Waals surface area (Å²) >= 11 is 0. The highest BCUT2D eigenvalue weighted by molar-refractivity contribution is 5.83. The van der Waals surface area contributed by atoms with Crippen LogP contribution in [0.4, 0.5) is 5.69 Å². The Morgan fingerprint density at radius 3 is 2.45 bits per heavy atom. The molecule has 0 unspecified atom stereocenters. The first-order valence-corrected chi connectivity index (χ1v) is 7.61. The van der Waals surface area contributed by atoms with E-state index in [4.69, 9.17) is 4.74 Å². The lowest BCUT2D eigenvalue weighted by molar-refractivity contribution is 0.0910. The van der Waals surface area contributed by atoms with Crippen LogP contribution in [0.2, 0.25) is 0 Å². The SMILES string of the molecule is CCOc1ccc(NCC(=O)n2nc(C)c(CC)c2C)cc1. The predicted octanol–water partition coefficient (Wildman–Crippen LogP) is 3.21. The zero-order valence-electron chi connectivity index (χ0n) is 13.6. The summed E-state index contributed by atoms with van der Waals surface area (Å²) in [5, 5.41) is 7.46. The molecule has 2 aromatic rings. The number of nitrogens with one attached hydrogen (secondary N) is 1. The van der Waals surface area contributed by atoms with Crippen molar-refractivity contribution in [3.8, 4) is 5.75 Å². The molecule has 0 atom stereocenters. The third-order valence-electron chi connectivity index (χ3n) is 3.64. The molecule has 0 radical (unpaired) electrons. The van der Waals surface area contributed by atoms with Gasteiger partial charge in [-0.2, -0.15) is 5.10 Å². The van der Waals surface area contributed by atoms with Crippen LogP contribution in [-0.2, 0) is 6.42 Å². The summed E-state index contributed by atoms with van der Waals surface area (Å²) in [5.74, 6) is 0.764. The molecule has 5 nitrogen and oxygen atoms in total. The van der Waals surface area contributed by atoms with Crippen molar-refractivity contribution in [1.29, 1.82) is 0 Å². The standard InChI is InChI=1S/C17H23N3O2/c1-5-16-12(3)19-20(13(16)4)17(21)11-18-14-7-9-15(10-8-14)22-6-2/h7-10,18H,5-6,11H2,1-4H3. The van der Waals surface area contributed by atoms with Crippen molar-refractivity contribution in [1.82, 2.24) is 9.78 Å². The van der Waals surface area contributed by atoms with Crippen LogP contribution in [-0.4, -0.2) is 28.8 Å². The molecule has 0 saturated carbocycles. The van der Waals surface area contributed by atoms with Crippen LogP contribution in [0, 0.1) is 13.8 Å². The minimum Gasteiger partial charge on any atom is -0.494 e. The van der Waals surface area contributed by atoms with Crippen LogP contribution in [0.3, 0.4) is 0 Å². The fraction of sp³-hybridized carbons (Fsp3) is 0.412. The largest absolute Gasteiger partial charge is 0.494 e. The van der Waals surface area contributed by atoms with Gasteiger partial charge in [0, 0.05) is 11.4 Å². The zero-order chi connectivity index (χ0) is 16.1. The Balaban J connectivity index is 2.00. The number of carbonyl (C=O) groups is 1. The van der Waals surface area contributed by atoms with Gasteiger partial charge in [-0.25, -0.2) is 4.68 Å². The number of aromatic nitrogens is 2. The summed E-state index contributed by atoms with van der Waals surface area (Å²) in [6, 6.07) is 7.57. The van der Waals surface area contributed by atoms with Crippen LogP contribution >= 0.6 is 0 Å². The summed E-state index contributed by atoms with van der Waals surface area (Å²) in [5.41, 5.74) is 3.89. The maximum Gasteiger partial charge on any atom is 0.266 e. The summed E-state index contributed by atoms with van der Waals surface area (Å²) in [6.07, 6.45) is 0.886. The van der Waals surface area contributed by atoms with Crippen LogP contribution in [0.5, 0.6) is 5.75 Å². The van der Waals surface area contributed by atoms with Crippen molar-refractivity contribution in [3.63, 3.8) is 0 Å². The van der Waals surface area contributed by atoms with Crippen molar-refractivity contribution >= 4 is 11.6 Å². The van der Waals surface area contributed by atoms with Gasteiger partial charge in [0.05, 0.1) is 18.8 Å². The zero-order valence-corrected chi connectivity index (χ0v) is 13.6. The number of nitrogens with zero attached hydrogens (tertiary/aromatic N) is 2. The van der Waals surface area contributed by atoms with Crippen molar-refractivity contribution in [3.05, 3.63) is 41.2 Å². The van der Waals surface area contributed by atoms with Gasteiger partial charge >= 0.3 is 0 Å². The first kappa shape index (κ1) is 16.1. The summed E-state index contributed by atoms with van der Waals surface area (Å²) < 4.78 is 6.89. The van der Waals surface area contributed by atoms with Crippen molar-refractivity contribution in [2.24, 2.45) is 0 Å². The van der Waals surface area contributed by atoms with Crippen LogP contribution in [0.15, 0.2) is 24.3 Å². The molecular formula is C17H23N3O2. The second kappa shape index (κ2) is 7.11. The van der Waals surface area contributed by atoms with Crippen LogP contribution in [0.1, 0.15) is 35.6 Å². The molecule has 2 rings (SSSR count). The highest BCUT2D eigenvalue weighted by Crippen LogP contribution is 2.16. The molecule has 1 aromatic heterocycles. The molecule has 0 amide bonds. The molecule has 0 aliphatic heterocycles. The lowest BCUT2D eigenvalue weighted by Crippen LogP contribution is -2.23. The van der Waals surface area contributed by atoms with Gasteiger partial charge in [-0.1, -0.05) is 6.92 Å². The van der Waals surface area contributed by atoms with Gasteiger partial charge in [0.2, 0.25) is 0 Å². The second-order valence-corrected chi connectivity index (χ2v) is 5.12. The fourth-order valence-electron chi connectivity index (χ4n) is 2.52. The van der Waals surface area contributed by atoms with E-state index in [-0.39, 0.29) is 12.5 Å². The molecule has 0 bridgehead atoms. The minimum absolute atomic E-state index is 0.0609. The molecule has 0 saturated heterocycles. The lowest BCUT2D eigenvalue weighted by atomic mass is 10.1.